The van der Waals surface area contributed by atoms with E-state index in [0.29, 0.717) is 26.6 Å². The Labute approximate surface area is 266 Å². The fourth-order valence-electron chi connectivity index (χ4n) is 4.52. The highest BCUT2D eigenvalue weighted by Gasteiger charge is 2.20. The molecule has 0 aliphatic carbocycles. The Morgan fingerprint density at radius 3 is 2.12 bits per heavy atom. The third-order valence-electron chi connectivity index (χ3n) is 6.79. The number of thiazole rings is 1. The Hall–Kier alpha value is -2.96. The van der Waals surface area contributed by atoms with Gasteiger partial charge in [0.15, 0.2) is 16.8 Å². The fraction of sp³-hybridized carbons (Fsp3) is 0.387. The van der Waals surface area contributed by atoms with Gasteiger partial charge < -0.3 is 4.90 Å². The van der Waals surface area contributed by atoms with Gasteiger partial charge >= 0.3 is 0 Å². The Balaban J connectivity index is 1.75. The number of hydrogen-bond donors (Lipinski definition) is 0. The monoisotopic (exact) mass is 641 g/mol. The van der Waals surface area contributed by atoms with Gasteiger partial charge in [0.25, 0.3) is 0 Å². The Morgan fingerprint density at radius 2 is 1.52 bits per heavy atom. The number of unbranched alkanes of at least 4 members (excludes halogenated alkanes) is 6. The van der Waals surface area contributed by atoms with E-state index in [-0.39, 0.29) is 11.4 Å². The molecule has 0 fully saturated rings. The van der Waals surface area contributed by atoms with Gasteiger partial charge in [0.05, 0.1) is 21.1 Å². The molecule has 4 aromatic rings. The normalized spacial score (nSPS) is 11.3. The van der Waals surface area contributed by atoms with E-state index in [1.54, 1.807) is 29.5 Å². The van der Waals surface area contributed by atoms with Crippen LogP contribution in [0.1, 0.15) is 70.8 Å². The topological polar surface area (TPSA) is 82.5 Å². The molecule has 0 aliphatic heterocycles. The van der Waals surface area contributed by atoms with Crippen LogP contribution < -0.4 is 4.90 Å². The van der Waals surface area contributed by atoms with E-state index in [1.807, 2.05) is 24.3 Å². The Morgan fingerprint density at radius 1 is 0.881 bits per heavy atom. The lowest BCUT2D eigenvalue weighted by atomic mass is 10.2. The molecule has 2 aromatic heterocycles. The first-order valence-corrected chi connectivity index (χ1v) is 16.3. The average Bonchev–Trinajstić information content (AvgIpc) is 3.59. The summed E-state index contributed by atoms with van der Waals surface area (Å²) in [5.41, 5.74) is 1.61. The lowest BCUT2D eigenvalue weighted by molar-refractivity contribution is 0.608. The molecule has 0 radical (unpaired) electrons. The van der Waals surface area contributed by atoms with Crippen molar-refractivity contribution in [2.45, 2.75) is 65.2 Å². The molecule has 0 amide bonds. The number of nitriles is 1. The maximum Gasteiger partial charge on any atom is 0.195 e. The number of benzene rings is 2. The molecule has 7 nitrogen and oxygen atoms in total. The molecule has 0 saturated carbocycles. The fourth-order valence-corrected chi connectivity index (χ4v) is 6.26. The molecule has 0 bridgehead atoms. The standard InChI is InChI=1S/C31H34Cl3N7S/c1-3-5-7-9-18-40(19-10-8-6-4-2)31-37-29(28(42-31)22-14-16-24(32)17-15-22)38-39-30-23(20-35)21-36-41(30)27-25(33)12-11-13-26(27)34/h11-17,21H,3-10,18-19H2,1-2H3/b39-38+. The number of halogens is 3. The molecule has 0 atom stereocenters. The summed E-state index contributed by atoms with van der Waals surface area (Å²) in [5, 5.41) is 25.5. The molecular weight excluding hydrogens is 609 g/mol. The highest BCUT2D eigenvalue weighted by Crippen LogP contribution is 2.42. The van der Waals surface area contributed by atoms with Gasteiger partial charge in [-0.15, -0.1) is 10.2 Å². The molecule has 11 heteroatoms. The highest BCUT2D eigenvalue weighted by atomic mass is 35.5. The summed E-state index contributed by atoms with van der Waals surface area (Å²) >= 11 is 20.7. The minimum Gasteiger partial charge on any atom is -0.348 e. The van der Waals surface area contributed by atoms with Crippen molar-refractivity contribution < 1.29 is 0 Å². The van der Waals surface area contributed by atoms with Crippen molar-refractivity contribution in [1.29, 1.82) is 5.26 Å². The minimum absolute atomic E-state index is 0.222. The third kappa shape index (κ3) is 8.11. The number of para-hydroxylation sites is 1. The number of nitrogens with zero attached hydrogens (tertiary/aromatic N) is 7. The van der Waals surface area contributed by atoms with E-state index in [0.717, 1.165) is 41.5 Å². The predicted octanol–water partition coefficient (Wildman–Crippen LogP) is 11.2. The van der Waals surface area contributed by atoms with Crippen LogP contribution in [0.5, 0.6) is 0 Å². The van der Waals surface area contributed by atoms with Crippen molar-refractivity contribution in [3.05, 3.63) is 69.3 Å². The number of anilines is 1. The first-order chi connectivity index (χ1) is 20.5. The molecule has 0 spiro atoms. The van der Waals surface area contributed by atoms with Gasteiger partial charge in [-0.05, 0) is 42.7 Å². The van der Waals surface area contributed by atoms with Gasteiger partial charge in [0, 0.05) is 18.1 Å². The second kappa shape index (κ2) is 16.0. The van der Waals surface area contributed by atoms with E-state index in [4.69, 9.17) is 39.8 Å². The van der Waals surface area contributed by atoms with Crippen LogP contribution in [0.25, 0.3) is 16.1 Å². The van der Waals surface area contributed by atoms with Crippen molar-refractivity contribution in [3.8, 4) is 22.2 Å². The molecule has 0 aliphatic rings. The number of hydrogen-bond acceptors (Lipinski definition) is 7. The van der Waals surface area contributed by atoms with Crippen LogP contribution in [0.2, 0.25) is 15.1 Å². The summed E-state index contributed by atoms with van der Waals surface area (Å²) in [6.07, 6.45) is 10.9. The van der Waals surface area contributed by atoms with Crippen LogP contribution >= 0.6 is 46.1 Å². The van der Waals surface area contributed by atoms with Crippen molar-refractivity contribution in [1.82, 2.24) is 14.8 Å². The van der Waals surface area contributed by atoms with E-state index in [1.165, 1.54) is 49.4 Å². The first kappa shape index (κ1) is 32.0. The summed E-state index contributed by atoms with van der Waals surface area (Å²) < 4.78 is 1.44. The molecule has 0 saturated heterocycles. The van der Waals surface area contributed by atoms with Gasteiger partial charge in [0.2, 0.25) is 0 Å². The SMILES string of the molecule is CCCCCCN(CCCCCC)c1nc(/N=N/c2c(C#N)cnn2-c2c(Cl)cccc2Cl)c(-c2ccc(Cl)cc2)s1. The zero-order valence-electron chi connectivity index (χ0n) is 23.9. The van der Waals surface area contributed by atoms with Crippen molar-refractivity contribution in [3.63, 3.8) is 0 Å². The molecule has 42 heavy (non-hydrogen) atoms. The van der Waals surface area contributed by atoms with E-state index < -0.39 is 0 Å². The van der Waals surface area contributed by atoms with Gasteiger partial charge in [0.1, 0.15) is 17.3 Å². The van der Waals surface area contributed by atoms with Gasteiger partial charge in [-0.25, -0.2) is 4.68 Å². The molecular formula is C31H34Cl3N7S. The molecule has 2 aromatic carbocycles. The van der Waals surface area contributed by atoms with Gasteiger partial charge in [-0.2, -0.15) is 15.3 Å². The molecule has 2 heterocycles. The molecule has 0 N–H and O–H groups in total. The zero-order chi connectivity index (χ0) is 29.9. The lowest BCUT2D eigenvalue weighted by Gasteiger charge is -2.21. The second-order valence-corrected chi connectivity index (χ2v) is 12.2. The predicted molar refractivity (Wildman–Crippen MR) is 176 cm³/mol. The van der Waals surface area contributed by atoms with Gasteiger partial charge in [-0.1, -0.05) is 117 Å². The second-order valence-electron chi connectivity index (χ2n) is 9.94. The van der Waals surface area contributed by atoms with Crippen LogP contribution in [0.15, 0.2) is 58.9 Å². The van der Waals surface area contributed by atoms with Crippen LogP contribution in [-0.4, -0.2) is 27.9 Å². The maximum atomic E-state index is 9.79. The Bertz CT molecular complexity index is 1490. The van der Waals surface area contributed by atoms with E-state index in [2.05, 4.69) is 40.1 Å². The highest BCUT2D eigenvalue weighted by molar-refractivity contribution is 7.19. The number of rotatable bonds is 15. The van der Waals surface area contributed by atoms with Gasteiger partial charge in [-0.3, -0.25) is 0 Å². The number of azo groups is 1. The third-order valence-corrected chi connectivity index (χ3v) is 8.81. The average molecular weight is 643 g/mol. The Kier molecular flexibility index (Phi) is 12.2. The maximum absolute atomic E-state index is 9.79. The first-order valence-electron chi connectivity index (χ1n) is 14.3. The van der Waals surface area contributed by atoms with Crippen molar-refractivity contribution >= 4 is 62.9 Å². The van der Waals surface area contributed by atoms with Crippen LogP contribution in [0.3, 0.4) is 0 Å². The van der Waals surface area contributed by atoms with Crippen LogP contribution in [-0.2, 0) is 0 Å². The molecule has 220 valence electrons. The summed E-state index contributed by atoms with van der Waals surface area (Å²) in [6.45, 7) is 6.32. The summed E-state index contributed by atoms with van der Waals surface area (Å²) in [5.74, 6) is 0.687. The number of aromatic nitrogens is 3. The van der Waals surface area contributed by atoms with Crippen LogP contribution in [0, 0.1) is 11.3 Å². The smallest absolute Gasteiger partial charge is 0.195 e. The van der Waals surface area contributed by atoms with Crippen LogP contribution in [0.4, 0.5) is 16.8 Å². The summed E-state index contributed by atoms with van der Waals surface area (Å²) in [7, 11) is 0. The molecule has 4 rings (SSSR count). The van der Waals surface area contributed by atoms with Crippen molar-refractivity contribution in [2.24, 2.45) is 10.2 Å². The van der Waals surface area contributed by atoms with E-state index >= 15 is 0 Å². The minimum atomic E-state index is 0.222. The lowest BCUT2D eigenvalue weighted by Crippen LogP contribution is -2.25. The summed E-state index contributed by atoms with van der Waals surface area (Å²) in [4.78, 5) is 8.24. The van der Waals surface area contributed by atoms with Crippen molar-refractivity contribution in [2.75, 3.05) is 18.0 Å². The zero-order valence-corrected chi connectivity index (χ0v) is 26.9. The molecule has 0 unspecified atom stereocenters. The largest absolute Gasteiger partial charge is 0.348 e. The summed E-state index contributed by atoms with van der Waals surface area (Å²) in [6, 6.07) is 14.9. The quantitative estimate of drug-likeness (QED) is 0.0954. The van der Waals surface area contributed by atoms with E-state index in [9.17, 15) is 5.26 Å².